The first-order valence-corrected chi connectivity index (χ1v) is 5.94. The standard InChI is InChI=1S/C14H11FN2O4/c1-8-4-2-6-10(15)12(8)16-14(19)9-5-3-7-11(13(9)18)17(20)21/h2-7,18H,1H3,(H,16,19). The summed E-state index contributed by atoms with van der Waals surface area (Å²) >= 11 is 0. The molecule has 2 rings (SSSR count). The molecule has 0 aromatic heterocycles. The number of nitrogens with zero attached hydrogens (tertiary/aromatic N) is 1. The predicted octanol–water partition coefficient (Wildman–Crippen LogP) is 3.00. The Bertz CT molecular complexity index is 711. The van der Waals surface area contributed by atoms with Crippen LogP contribution in [0.2, 0.25) is 0 Å². The summed E-state index contributed by atoms with van der Waals surface area (Å²) in [5.74, 6) is -2.22. The number of amides is 1. The highest BCUT2D eigenvalue weighted by Gasteiger charge is 2.21. The lowest BCUT2D eigenvalue weighted by atomic mass is 10.1. The molecule has 0 spiro atoms. The Balaban J connectivity index is 2.38. The fourth-order valence-corrected chi connectivity index (χ4v) is 1.83. The average Bonchev–Trinajstić information content (AvgIpc) is 2.42. The van der Waals surface area contributed by atoms with Gasteiger partial charge in [0.25, 0.3) is 5.91 Å². The molecule has 2 N–H and O–H groups in total. The zero-order valence-electron chi connectivity index (χ0n) is 11.0. The van der Waals surface area contributed by atoms with Gasteiger partial charge in [0.2, 0.25) is 5.75 Å². The second kappa shape index (κ2) is 5.58. The van der Waals surface area contributed by atoms with Crippen molar-refractivity contribution in [3.05, 3.63) is 63.5 Å². The van der Waals surface area contributed by atoms with Crippen molar-refractivity contribution in [3.8, 4) is 5.75 Å². The molecular formula is C14H11FN2O4. The first-order valence-electron chi connectivity index (χ1n) is 5.94. The molecule has 0 heterocycles. The number of aromatic hydroxyl groups is 1. The Hall–Kier alpha value is -2.96. The number of nitro benzene ring substituents is 1. The zero-order valence-corrected chi connectivity index (χ0v) is 11.0. The van der Waals surface area contributed by atoms with Crippen LogP contribution in [0.5, 0.6) is 5.75 Å². The van der Waals surface area contributed by atoms with E-state index in [1.165, 1.54) is 24.3 Å². The maximum atomic E-state index is 13.6. The van der Waals surface area contributed by atoms with E-state index in [0.717, 1.165) is 6.07 Å². The van der Waals surface area contributed by atoms with Crippen molar-refractivity contribution in [2.24, 2.45) is 0 Å². The maximum absolute atomic E-state index is 13.6. The van der Waals surface area contributed by atoms with Gasteiger partial charge in [0.1, 0.15) is 5.82 Å². The van der Waals surface area contributed by atoms with Crippen molar-refractivity contribution in [1.29, 1.82) is 0 Å². The minimum Gasteiger partial charge on any atom is -0.502 e. The van der Waals surface area contributed by atoms with E-state index in [0.29, 0.717) is 5.56 Å². The topological polar surface area (TPSA) is 92.5 Å². The lowest BCUT2D eigenvalue weighted by molar-refractivity contribution is -0.385. The van der Waals surface area contributed by atoms with E-state index in [1.54, 1.807) is 13.0 Å². The molecule has 0 aliphatic carbocycles. The van der Waals surface area contributed by atoms with E-state index in [2.05, 4.69) is 5.32 Å². The highest BCUT2D eigenvalue weighted by molar-refractivity contribution is 6.07. The molecule has 0 bridgehead atoms. The van der Waals surface area contributed by atoms with Crippen LogP contribution < -0.4 is 5.32 Å². The number of benzene rings is 2. The van der Waals surface area contributed by atoms with Crippen LogP contribution in [-0.2, 0) is 0 Å². The van der Waals surface area contributed by atoms with Gasteiger partial charge in [0.15, 0.2) is 0 Å². The van der Waals surface area contributed by atoms with Crippen molar-refractivity contribution < 1.29 is 19.2 Å². The predicted molar refractivity (Wildman–Crippen MR) is 73.9 cm³/mol. The smallest absolute Gasteiger partial charge is 0.311 e. The first kappa shape index (κ1) is 14.4. The van der Waals surface area contributed by atoms with Crippen LogP contribution in [0.4, 0.5) is 15.8 Å². The summed E-state index contributed by atoms with van der Waals surface area (Å²) in [5.41, 5.74) is -0.429. The number of anilines is 1. The van der Waals surface area contributed by atoms with Gasteiger partial charge in [0.05, 0.1) is 16.2 Å². The second-order valence-corrected chi connectivity index (χ2v) is 4.32. The molecule has 0 saturated carbocycles. The van der Waals surface area contributed by atoms with Crippen LogP contribution in [0, 0.1) is 22.9 Å². The van der Waals surface area contributed by atoms with Crippen molar-refractivity contribution in [2.45, 2.75) is 6.92 Å². The number of halogens is 1. The number of nitrogens with one attached hydrogen (secondary N) is 1. The third kappa shape index (κ3) is 2.81. The molecule has 108 valence electrons. The molecule has 0 aliphatic rings. The SMILES string of the molecule is Cc1cccc(F)c1NC(=O)c1cccc([N+](=O)[O-])c1O. The van der Waals surface area contributed by atoms with Crippen LogP contribution in [-0.4, -0.2) is 15.9 Å². The van der Waals surface area contributed by atoms with Gasteiger partial charge in [-0.25, -0.2) is 4.39 Å². The van der Waals surface area contributed by atoms with Crippen LogP contribution in [0.25, 0.3) is 0 Å². The number of para-hydroxylation sites is 2. The molecule has 2 aromatic rings. The van der Waals surface area contributed by atoms with Gasteiger partial charge in [-0.15, -0.1) is 0 Å². The highest BCUT2D eigenvalue weighted by atomic mass is 19.1. The van der Waals surface area contributed by atoms with Gasteiger partial charge < -0.3 is 10.4 Å². The summed E-state index contributed by atoms with van der Waals surface area (Å²) in [6.07, 6.45) is 0. The lowest BCUT2D eigenvalue weighted by Gasteiger charge is -2.10. The number of rotatable bonds is 3. The number of aryl methyl sites for hydroxylation is 1. The van der Waals surface area contributed by atoms with Crippen molar-refractivity contribution >= 4 is 17.3 Å². The molecule has 1 amide bonds. The largest absolute Gasteiger partial charge is 0.502 e. The van der Waals surface area contributed by atoms with Crippen molar-refractivity contribution in [2.75, 3.05) is 5.32 Å². The number of phenols is 1. The number of hydrogen-bond donors (Lipinski definition) is 2. The molecular weight excluding hydrogens is 279 g/mol. The van der Waals surface area contributed by atoms with Crippen LogP contribution in [0.3, 0.4) is 0 Å². The molecule has 6 nitrogen and oxygen atoms in total. The van der Waals surface area contributed by atoms with E-state index in [4.69, 9.17) is 0 Å². The Morgan fingerprint density at radius 1 is 1.29 bits per heavy atom. The van der Waals surface area contributed by atoms with E-state index in [-0.39, 0.29) is 11.3 Å². The minimum absolute atomic E-state index is 0.0339. The normalized spacial score (nSPS) is 10.2. The van der Waals surface area contributed by atoms with E-state index < -0.39 is 28.1 Å². The van der Waals surface area contributed by atoms with Gasteiger partial charge in [-0.05, 0) is 24.6 Å². The quantitative estimate of drug-likeness (QED) is 0.671. The Morgan fingerprint density at radius 3 is 2.57 bits per heavy atom. The summed E-state index contributed by atoms with van der Waals surface area (Å²) in [6, 6.07) is 7.82. The highest BCUT2D eigenvalue weighted by Crippen LogP contribution is 2.30. The van der Waals surface area contributed by atoms with Crippen molar-refractivity contribution in [1.82, 2.24) is 0 Å². The van der Waals surface area contributed by atoms with Crippen molar-refractivity contribution in [3.63, 3.8) is 0 Å². The third-order valence-electron chi connectivity index (χ3n) is 2.92. The Kier molecular flexibility index (Phi) is 3.84. The summed E-state index contributed by atoms with van der Waals surface area (Å²) in [5, 5.41) is 22.8. The molecule has 0 atom stereocenters. The van der Waals surface area contributed by atoms with E-state index in [1.807, 2.05) is 0 Å². The monoisotopic (exact) mass is 290 g/mol. The van der Waals surface area contributed by atoms with Gasteiger partial charge in [-0.1, -0.05) is 18.2 Å². The summed E-state index contributed by atoms with van der Waals surface area (Å²) in [6.45, 7) is 1.60. The zero-order chi connectivity index (χ0) is 15.6. The maximum Gasteiger partial charge on any atom is 0.311 e. The lowest BCUT2D eigenvalue weighted by Crippen LogP contribution is -2.14. The summed E-state index contributed by atoms with van der Waals surface area (Å²) in [7, 11) is 0. The number of nitro groups is 1. The molecule has 0 radical (unpaired) electrons. The third-order valence-corrected chi connectivity index (χ3v) is 2.92. The van der Waals surface area contributed by atoms with Gasteiger partial charge in [-0.2, -0.15) is 0 Å². The van der Waals surface area contributed by atoms with Gasteiger partial charge >= 0.3 is 5.69 Å². The summed E-state index contributed by atoms with van der Waals surface area (Å²) < 4.78 is 13.6. The number of phenolic OH excluding ortho intramolecular Hbond substituents is 1. The van der Waals surface area contributed by atoms with Crippen LogP contribution in [0.15, 0.2) is 36.4 Å². The average molecular weight is 290 g/mol. The minimum atomic E-state index is -0.829. The second-order valence-electron chi connectivity index (χ2n) is 4.32. The Labute approximate surface area is 119 Å². The number of carbonyl (C=O) groups excluding carboxylic acids is 1. The molecule has 0 unspecified atom stereocenters. The fraction of sp³-hybridized carbons (Fsp3) is 0.0714. The fourth-order valence-electron chi connectivity index (χ4n) is 1.83. The molecule has 2 aromatic carbocycles. The molecule has 0 saturated heterocycles. The number of hydrogen-bond acceptors (Lipinski definition) is 4. The molecule has 21 heavy (non-hydrogen) atoms. The van der Waals surface area contributed by atoms with Gasteiger partial charge in [0, 0.05) is 6.07 Å². The van der Waals surface area contributed by atoms with Crippen LogP contribution in [0.1, 0.15) is 15.9 Å². The van der Waals surface area contributed by atoms with E-state index >= 15 is 0 Å². The molecule has 0 aliphatic heterocycles. The van der Waals surface area contributed by atoms with Crippen LogP contribution >= 0.6 is 0 Å². The number of carbonyl (C=O) groups is 1. The first-order chi connectivity index (χ1) is 9.91. The molecule has 0 fully saturated rings. The van der Waals surface area contributed by atoms with E-state index in [9.17, 15) is 24.4 Å². The summed E-state index contributed by atoms with van der Waals surface area (Å²) in [4.78, 5) is 22.0. The van der Waals surface area contributed by atoms with Gasteiger partial charge in [-0.3, -0.25) is 14.9 Å². The molecule has 7 heteroatoms. The Morgan fingerprint density at radius 2 is 1.95 bits per heavy atom.